The van der Waals surface area contributed by atoms with Crippen LogP contribution >= 0.6 is 0 Å². The molecule has 0 bridgehead atoms. The molecule has 0 spiro atoms. The zero-order valence-corrected chi connectivity index (χ0v) is 16.8. The summed E-state index contributed by atoms with van der Waals surface area (Å²) in [6, 6.07) is 0. The molecule has 0 heterocycles. The molecule has 0 saturated heterocycles. The van der Waals surface area contributed by atoms with Crippen LogP contribution in [0, 0.1) is 22.7 Å². The summed E-state index contributed by atoms with van der Waals surface area (Å²) in [6.45, 7) is 11.8. The summed E-state index contributed by atoms with van der Waals surface area (Å²) in [7, 11) is 3.21. The van der Waals surface area contributed by atoms with Gasteiger partial charge in [-0.2, -0.15) is 0 Å². The van der Waals surface area contributed by atoms with Gasteiger partial charge >= 0.3 is 0 Å². The standard InChI is InChI=1S/C22H36O3/c1-16-8-11-19-21(2,3)12-7-13-22(19,4)18(16)10-9-17(15-23)14-20(24-5)25-6/h9,15,18-20H,1,7-8,10-14H2,2-6H3/t18-,19-,22+/m0/s1. The van der Waals surface area contributed by atoms with E-state index in [1.54, 1.807) is 14.2 Å². The third-order valence-corrected chi connectivity index (χ3v) is 7.01. The highest BCUT2D eigenvalue weighted by Crippen LogP contribution is 2.61. The predicted molar refractivity (Wildman–Crippen MR) is 102 cm³/mol. The Hall–Kier alpha value is -0.930. The van der Waals surface area contributed by atoms with Crippen molar-refractivity contribution in [3.63, 3.8) is 0 Å². The van der Waals surface area contributed by atoms with E-state index in [0.29, 0.717) is 23.2 Å². The van der Waals surface area contributed by atoms with E-state index >= 15 is 0 Å². The Bertz CT molecular complexity index is 515. The number of aldehydes is 1. The van der Waals surface area contributed by atoms with Crippen LogP contribution in [0.2, 0.25) is 0 Å². The number of rotatable bonds is 7. The molecule has 0 aliphatic heterocycles. The maximum Gasteiger partial charge on any atom is 0.160 e. The lowest BCUT2D eigenvalue weighted by Crippen LogP contribution is -2.49. The first-order valence-electron chi connectivity index (χ1n) is 9.66. The molecule has 0 aromatic heterocycles. The highest BCUT2D eigenvalue weighted by atomic mass is 16.7. The van der Waals surface area contributed by atoms with Crippen LogP contribution in [0.25, 0.3) is 0 Å². The highest BCUT2D eigenvalue weighted by molar-refractivity contribution is 5.73. The van der Waals surface area contributed by atoms with E-state index < -0.39 is 0 Å². The molecule has 0 aromatic rings. The van der Waals surface area contributed by atoms with E-state index in [1.165, 1.54) is 31.3 Å². The van der Waals surface area contributed by atoms with Gasteiger partial charge in [0.25, 0.3) is 0 Å². The van der Waals surface area contributed by atoms with Crippen molar-refractivity contribution in [2.45, 2.75) is 72.0 Å². The van der Waals surface area contributed by atoms with Gasteiger partial charge in [-0.05, 0) is 60.3 Å². The van der Waals surface area contributed by atoms with Gasteiger partial charge in [0.15, 0.2) is 6.29 Å². The van der Waals surface area contributed by atoms with Crippen molar-refractivity contribution in [1.82, 2.24) is 0 Å². The molecule has 0 unspecified atom stereocenters. The minimum Gasteiger partial charge on any atom is -0.356 e. The van der Waals surface area contributed by atoms with Crippen molar-refractivity contribution >= 4 is 6.29 Å². The number of hydrogen-bond donors (Lipinski definition) is 0. The molecule has 2 fully saturated rings. The van der Waals surface area contributed by atoms with Crippen molar-refractivity contribution in [2.75, 3.05) is 14.2 Å². The lowest BCUT2D eigenvalue weighted by atomic mass is 9.47. The first-order chi connectivity index (χ1) is 11.8. The van der Waals surface area contributed by atoms with Crippen molar-refractivity contribution in [1.29, 1.82) is 0 Å². The van der Waals surface area contributed by atoms with Crippen molar-refractivity contribution < 1.29 is 14.3 Å². The Morgan fingerprint density at radius 2 is 1.96 bits per heavy atom. The smallest absolute Gasteiger partial charge is 0.160 e. The fourth-order valence-corrected chi connectivity index (χ4v) is 5.61. The second kappa shape index (κ2) is 8.18. The largest absolute Gasteiger partial charge is 0.356 e. The second-order valence-corrected chi connectivity index (χ2v) is 8.89. The summed E-state index contributed by atoms with van der Waals surface area (Å²) in [5.41, 5.74) is 2.83. The van der Waals surface area contributed by atoms with Gasteiger partial charge in [-0.25, -0.2) is 0 Å². The van der Waals surface area contributed by atoms with Crippen LogP contribution in [0.5, 0.6) is 0 Å². The lowest BCUT2D eigenvalue weighted by molar-refractivity contribution is -0.111. The van der Waals surface area contributed by atoms with Gasteiger partial charge in [0, 0.05) is 20.6 Å². The number of carbonyl (C=O) groups excluding carboxylic acids is 1. The normalized spacial score (nSPS) is 32.6. The quantitative estimate of drug-likeness (QED) is 0.271. The molecule has 3 atom stereocenters. The summed E-state index contributed by atoms with van der Waals surface area (Å²) in [5, 5.41) is 0. The summed E-state index contributed by atoms with van der Waals surface area (Å²) in [5.74, 6) is 1.20. The third kappa shape index (κ3) is 4.25. The maximum absolute atomic E-state index is 11.5. The molecule has 0 amide bonds. The Balaban J connectivity index is 2.19. The Morgan fingerprint density at radius 1 is 1.28 bits per heavy atom. The van der Waals surface area contributed by atoms with Gasteiger partial charge < -0.3 is 9.47 Å². The van der Waals surface area contributed by atoms with Crippen molar-refractivity contribution in [3.05, 3.63) is 23.8 Å². The first kappa shape index (κ1) is 20.4. The van der Waals surface area contributed by atoms with Crippen LogP contribution in [0.15, 0.2) is 23.8 Å². The third-order valence-electron chi connectivity index (χ3n) is 7.01. The summed E-state index contributed by atoms with van der Waals surface area (Å²) < 4.78 is 10.5. The van der Waals surface area contributed by atoms with Crippen LogP contribution < -0.4 is 0 Å². The van der Waals surface area contributed by atoms with E-state index in [0.717, 1.165) is 30.6 Å². The molecule has 25 heavy (non-hydrogen) atoms. The van der Waals surface area contributed by atoms with Crippen molar-refractivity contribution in [3.8, 4) is 0 Å². The number of ether oxygens (including phenoxy) is 2. The summed E-state index contributed by atoms with van der Waals surface area (Å²) >= 11 is 0. The zero-order chi connectivity index (χ0) is 18.7. The monoisotopic (exact) mass is 348 g/mol. The molecule has 2 saturated carbocycles. The maximum atomic E-state index is 11.5. The van der Waals surface area contributed by atoms with Gasteiger partial charge in [-0.1, -0.05) is 45.4 Å². The molecule has 142 valence electrons. The SMILES string of the molecule is C=C1CC[C@H]2C(C)(C)CCC[C@]2(C)[C@H]1CC=C(C=O)CC(OC)OC. The molecule has 0 radical (unpaired) electrons. The molecule has 2 rings (SSSR count). The Labute approximate surface area is 153 Å². The summed E-state index contributed by atoms with van der Waals surface area (Å²) in [4.78, 5) is 11.5. The fraction of sp³-hybridized carbons (Fsp3) is 0.773. The molecule has 2 aliphatic rings. The van der Waals surface area contributed by atoms with Crippen LogP contribution in [-0.4, -0.2) is 26.8 Å². The predicted octanol–water partition coefficient (Wildman–Crippen LogP) is 5.31. The topological polar surface area (TPSA) is 35.5 Å². The summed E-state index contributed by atoms with van der Waals surface area (Å²) in [6.07, 6.45) is 10.4. The molecule has 2 aliphatic carbocycles. The minimum absolute atomic E-state index is 0.295. The average Bonchev–Trinajstić information content (AvgIpc) is 2.56. The minimum atomic E-state index is -0.358. The van der Waals surface area contributed by atoms with Gasteiger partial charge in [0.05, 0.1) is 0 Å². The average molecular weight is 349 g/mol. The fourth-order valence-electron chi connectivity index (χ4n) is 5.61. The molecular formula is C22H36O3. The van der Waals surface area contributed by atoms with Crippen LogP contribution in [0.1, 0.15) is 65.7 Å². The molecule has 3 nitrogen and oxygen atoms in total. The second-order valence-electron chi connectivity index (χ2n) is 8.89. The van der Waals surface area contributed by atoms with Crippen molar-refractivity contribution in [2.24, 2.45) is 22.7 Å². The van der Waals surface area contributed by atoms with Crippen LogP contribution in [0.4, 0.5) is 0 Å². The van der Waals surface area contributed by atoms with Gasteiger partial charge in [0.2, 0.25) is 0 Å². The molecule has 0 N–H and O–H groups in total. The number of fused-ring (bicyclic) bond motifs is 1. The number of hydrogen-bond acceptors (Lipinski definition) is 3. The van der Waals surface area contributed by atoms with E-state index in [2.05, 4.69) is 33.4 Å². The van der Waals surface area contributed by atoms with E-state index in [9.17, 15) is 4.79 Å². The molecule has 3 heteroatoms. The number of methoxy groups -OCH3 is 2. The Morgan fingerprint density at radius 3 is 2.56 bits per heavy atom. The van der Waals surface area contributed by atoms with Gasteiger partial charge in [0.1, 0.15) is 6.29 Å². The number of carbonyl (C=O) groups is 1. The van der Waals surface area contributed by atoms with Gasteiger partial charge in [-0.3, -0.25) is 4.79 Å². The highest BCUT2D eigenvalue weighted by Gasteiger charge is 2.52. The van der Waals surface area contributed by atoms with E-state index in [-0.39, 0.29) is 6.29 Å². The van der Waals surface area contributed by atoms with E-state index in [4.69, 9.17) is 9.47 Å². The van der Waals surface area contributed by atoms with Crippen LogP contribution in [0.3, 0.4) is 0 Å². The molecule has 0 aromatic carbocycles. The van der Waals surface area contributed by atoms with Gasteiger partial charge in [-0.15, -0.1) is 0 Å². The Kier molecular flexibility index (Phi) is 6.67. The van der Waals surface area contributed by atoms with Crippen LogP contribution in [-0.2, 0) is 14.3 Å². The zero-order valence-electron chi connectivity index (χ0n) is 16.8. The number of allylic oxidation sites excluding steroid dienone is 2. The first-order valence-corrected chi connectivity index (χ1v) is 9.66. The molecular weight excluding hydrogens is 312 g/mol. The van der Waals surface area contributed by atoms with E-state index in [1.807, 2.05) is 0 Å². The lowest BCUT2D eigenvalue weighted by Gasteiger charge is -2.58.